The zero-order valence-corrected chi connectivity index (χ0v) is 11.7. The molecular weight excluding hydrogens is 264 g/mol. The Labute approximate surface area is 112 Å². The summed E-state index contributed by atoms with van der Waals surface area (Å²) in [5.41, 5.74) is 6.65. The van der Waals surface area contributed by atoms with Gasteiger partial charge in [-0.3, -0.25) is 0 Å². The molecule has 6 heteroatoms. The number of hydrogen-bond acceptors (Lipinski definition) is 5. The Kier molecular flexibility index (Phi) is 4.21. The first-order valence-electron chi connectivity index (χ1n) is 6.30. The number of unbranched alkanes of at least 4 members (excludes halogenated alkanes) is 2. The topological polar surface area (TPSA) is 86.2 Å². The summed E-state index contributed by atoms with van der Waals surface area (Å²) in [5.74, 6) is 0.651. The van der Waals surface area contributed by atoms with Crippen LogP contribution in [0.3, 0.4) is 0 Å². The molecule has 0 amide bonds. The van der Waals surface area contributed by atoms with Crippen LogP contribution < -0.4 is 5.73 Å². The number of benzene rings is 1. The van der Waals surface area contributed by atoms with E-state index >= 15 is 0 Å². The van der Waals surface area contributed by atoms with Crippen molar-refractivity contribution >= 4 is 20.9 Å². The van der Waals surface area contributed by atoms with Crippen molar-refractivity contribution in [2.24, 2.45) is 5.73 Å². The van der Waals surface area contributed by atoms with E-state index < -0.39 is 9.84 Å². The molecule has 5 nitrogen and oxygen atoms in total. The van der Waals surface area contributed by atoms with Crippen molar-refractivity contribution in [3.05, 3.63) is 24.1 Å². The van der Waals surface area contributed by atoms with Crippen LogP contribution in [0.1, 0.15) is 25.2 Å². The van der Waals surface area contributed by atoms with E-state index in [0.717, 1.165) is 25.7 Å². The third-order valence-electron chi connectivity index (χ3n) is 2.93. The molecule has 0 fully saturated rings. The van der Waals surface area contributed by atoms with E-state index in [1.54, 1.807) is 18.2 Å². The van der Waals surface area contributed by atoms with Crippen molar-refractivity contribution in [1.29, 1.82) is 0 Å². The highest BCUT2D eigenvalue weighted by atomic mass is 32.2. The first kappa shape index (κ1) is 14.0. The fraction of sp³-hybridized carbons (Fsp3) is 0.462. The maximum Gasteiger partial charge on any atom is 0.195 e. The van der Waals surface area contributed by atoms with Crippen LogP contribution in [0, 0.1) is 0 Å². The molecule has 2 N–H and O–H groups in total. The molecule has 1 aromatic heterocycles. The second kappa shape index (κ2) is 5.71. The summed E-state index contributed by atoms with van der Waals surface area (Å²) in [7, 11) is -3.20. The van der Waals surface area contributed by atoms with E-state index in [2.05, 4.69) is 4.98 Å². The number of nitrogens with two attached hydrogens (primary N) is 1. The van der Waals surface area contributed by atoms with Crippen molar-refractivity contribution in [2.45, 2.75) is 30.6 Å². The number of oxazole rings is 1. The summed E-state index contributed by atoms with van der Waals surface area (Å²) in [4.78, 5) is 4.59. The van der Waals surface area contributed by atoms with Crippen LogP contribution in [0.2, 0.25) is 0 Å². The Morgan fingerprint density at radius 3 is 2.74 bits per heavy atom. The Balaban J connectivity index is 2.17. The first-order valence-corrected chi connectivity index (χ1v) is 8.19. The highest BCUT2D eigenvalue weighted by Gasteiger charge is 2.11. The van der Waals surface area contributed by atoms with Gasteiger partial charge >= 0.3 is 0 Å². The minimum atomic E-state index is -3.20. The molecule has 0 aliphatic rings. The molecule has 1 heterocycles. The molecule has 0 aliphatic heterocycles. The molecule has 0 saturated heterocycles. The van der Waals surface area contributed by atoms with Crippen molar-refractivity contribution in [2.75, 3.05) is 12.8 Å². The number of nitrogens with zero attached hydrogens (tertiary/aromatic N) is 1. The molecule has 0 bridgehead atoms. The summed E-state index contributed by atoms with van der Waals surface area (Å²) < 4.78 is 28.5. The first-order chi connectivity index (χ1) is 9.00. The van der Waals surface area contributed by atoms with Gasteiger partial charge in [-0.2, -0.15) is 0 Å². The van der Waals surface area contributed by atoms with Gasteiger partial charge in [0.25, 0.3) is 0 Å². The lowest BCUT2D eigenvalue weighted by Gasteiger charge is -1.95. The van der Waals surface area contributed by atoms with Gasteiger partial charge in [-0.1, -0.05) is 6.42 Å². The number of aromatic nitrogens is 1. The van der Waals surface area contributed by atoms with Crippen LogP contribution in [0.25, 0.3) is 11.1 Å². The third-order valence-corrected chi connectivity index (χ3v) is 4.04. The Morgan fingerprint density at radius 2 is 2.05 bits per heavy atom. The number of fused-ring (bicyclic) bond motifs is 1. The molecule has 0 atom stereocenters. The second-order valence-electron chi connectivity index (χ2n) is 4.61. The number of rotatable bonds is 6. The van der Waals surface area contributed by atoms with E-state index in [1.807, 2.05) is 0 Å². The summed E-state index contributed by atoms with van der Waals surface area (Å²) in [6.45, 7) is 0.700. The minimum absolute atomic E-state index is 0.267. The van der Waals surface area contributed by atoms with Crippen LogP contribution in [0.15, 0.2) is 27.5 Å². The van der Waals surface area contributed by atoms with E-state index in [1.165, 1.54) is 6.26 Å². The Bertz CT molecular complexity index is 662. The van der Waals surface area contributed by atoms with Crippen LogP contribution in [0.5, 0.6) is 0 Å². The van der Waals surface area contributed by atoms with Crippen LogP contribution >= 0.6 is 0 Å². The van der Waals surface area contributed by atoms with Crippen LogP contribution in [-0.2, 0) is 16.3 Å². The lowest BCUT2D eigenvalue weighted by molar-refractivity contribution is 0.511. The summed E-state index contributed by atoms with van der Waals surface area (Å²) >= 11 is 0. The predicted molar refractivity (Wildman–Crippen MR) is 73.7 cm³/mol. The zero-order chi connectivity index (χ0) is 13.9. The fourth-order valence-electron chi connectivity index (χ4n) is 1.89. The molecular formula is C13H18N2O3S. The van der Waals surface area contributed by atoms with Gasteiger partial charge in [-0.25, -0.2) is 13.4 Å². The zero-order valence-electron chi connectivity index (χ0n) is 10.9. The van der Waals surface area contributed by atoms with Crippen LogP contribution in [0.4, 0.5) is 0 Å². The highest BCUT2D eigenvalue weighted by molar-refractivity contribution is 7.90. The van der Waals surface area contributed by atoms with Crippen molar-refractivity contribution < 1.29 is 12.8 Å². The number of aryl methyl sites for hydroxylation is 1. The molecule has 0 unspecified atom stereocenters. The molecule has 0 spiro atoms. The van der Waals surface area contributed by atoms with Crippen molar-refractivity contribution in [1.82, 2.24) is 4.98 Å². The molecule has 2 aromatic rings. The van der Waals surface area contributed by atoms with Gasteiger partial charge in [0.15, 0.2) is 21.3 Å². The monoisotopic (exact) mass is 282 g/mol. The van der Waals surface area contributed by atoms with E-state index in [9.17, 15) is 8.42 Å². The average molecular weight is 282 g/mol. The van der Waals surface area contributed by atoms with Crippen LogP contribution in [-0.4, -0.2) is 26.2 Å². The van der Waals surface area contributed by atoms with Crippen molar-refractivity contribution in [3.63, 3.8) is 0 Å². The number of sulfone groups is 1. The lowest BCUT2D eigenvalue weighted by atomic mass is 10.2. The largest absolute Gasteiger partial charge is 0.441 e. The molecule has 104 valence electrons. The standard InChI is InChI=1S/C13H18N2O3S/c1-19(16,17)10-6-7-12-11(9-10)15-13(18-12)5-3-2-4-8-14/h6-7,9H,2-5,8,14H2,1H3. The highest BCUT2D eigenvalue weighted by Crippen LogP contribution is 2.20. The molecule has 0 radical (unpaired) electrons. The quantitative estimate of drug-likeness (QED) is 0.818. The molecule has 2 rings (SSSR count). The van der Waals surface area contributed by atoms with Gasteiger partial charge in [0.05, 0.1) is 4.90 Å². The summed E-state index contributed by atoms with van der Waals surface area (Å²) in [5, 5.41) is 0. The van der Waals surface area contributed by atoms with Gasteiger partial charge in [-0.15, -0.1) is 0 Å². The average Bonchev–Trinajstić information content (AvgIpc) is 2.75. The molecule has 0 aliphatic carbocycles. The SMILES string of the molecule is CS(=O)(=O)c1ccc2oc(CCCCCN)nc2c1. The third kappa shape index (κ3) is 3.54. The lowest BCUT2D eigenvalue weighted by Crippen LogP contribution is -1.98. The second-order valence-corrected chi connectivity index (χ2v) is 6.62. The maximum absolute atomic E-state index is 11.5. The summed E-state index contributed by atoms with van der Waals surface area (Å²) in [6.07, 6.45) is 4.95. The van der Waals surface area contributed by atoms with Gasteiger partial charge in [0.1, 0.15) is 5.52 Å². The smallest absolute Gasteiger partial charge is 0.195 e. The van der Waals surface area contributed by atoms with Gasteiger partial charge < -0.3 is 10.2 Å². The molecule has 1 aromatic carbocycles. The van der Waals surface area contributed by atoms with E-state index in [4.69, 9.17) is 10.2 Å². The minimum Gasteiger partial charge on any atom is -0.441 e. The van der Waals surface area contributed by atoms with Gasteiger partial charge in [-0.05, 0) is 37.6 Å². The fourth-order valence-corrected chi connectivity index (χ4v) is 2.53. The molecule has 19 heavy (non-hydrogen) atoms. The van der Waals surface area contributed by atoms with Gasteiger partial charge in [0, 0.05) is 12.7 Å². The van der Waals surface area contributed by atoms with Gasteiger partial charge in [0.2, 0.25) is 0 Å². The Morgan fingerprint density at radius 1 is 1.26 bits per heavy atom. The van der Waals surface area contributed by atoms with E-state index in [-0.39, 0.29) is 4.90 Å². The normalized spacial score (nSPS) is 12.1. The number of hydrogen-bond donors (Lipinski definition) is 1. The summed E-state index contributed by atoms with van der Waals surface area (Å²) in [6, 6.07) is 4.75. The Hall–Kier alpha value is -1.40. The predicted octanol–water partition coefficient (Wildman–Crippen LogP) is 1.90. The maximum atomic E-state index is 11.5. The van der Waals surface area contributed by atoms with E-state index in [0.29, 0.717) is 23.5 Å². The van der Waals surface area contributed by atoms with Crippen molar-refractivity contribution in [3.8, 4) is 0 Å². The molecule has 0 saturated carbocycles.